The van der Waals surface area contributed by atoms with Crippen LogP contribution in [0, 0.1) is 6.92 Å². The molecule has 0 saturated heterocycles. The highest BCUT2D eigenvalue weighted by molar-refractivity contribution is 5.24. The van der Waals surface area contributed by atoms with Crippen molar-refractivity contribution in [2.45, 2.75) is 26.4 Å². The van der Waals surface area contributed by atoms with Crippen molar-refractivity contribution >= 4 is 0 Å². The van der Waals surface area contributed by atoms with Gasteiger partial charge in [0.1, 0.15) is 6.04 Å². The summed E-state index contributed by atoms with van der Waals surface area (Å²) in [6.45, 7) is 4.90. The molecule has 0 aliphatic rings. The van der Waals surface area contributed by atoms with Crippen LogP contribution in [0.25, 0.3) is 0 Å². The fraction of sp³-hybridized carbons (Fsp3) is 0.333. The number of hydrogen-bond acceptors (Lipinski definition) is 4. The van der Waals surface area contributed by atoms with Gasteiger partial charge in [0, 0.05) is 18.9 Å². The van der Waals surface area contributed by atoms with Crippen LogP contribution >= 0.6 is 0 Å². The predicted octanol–water partition coefficient (Wildman–Crippen LogP) is 1.16. The Kier molecular flexibility index (Phi) is 3.51. The van der Waals surface area contributed by atoms with Crippen molar-refractivity contribution < 1.29 is 0 Å². The fourth-order valence-electron chi connectivity index (χ4n) is 1.89. The number of pyridine rings is 1. The third-order valence-electron chi connectivity index (χ3n) is 2.74. The number of aryl methyl sites for hydroxylation is 2. The number of nitrogens with two attached hydrogens (primary N) is 1. The van der Waals surface area contributed by atoms with Gasteiger partial charge in [-0.25, -0.2) is 5.43 Å². The van der Waals surface area contributed by atoms with E-state index in [0.717, 1.165) is 23.5 Å². The van der Waals surface area contributed by atoms with E-state index in [2.05, 4.69) is 15.5 Å². The Hall–Kier alpha value is -1.72. The van der Waals surface area contributed by atoms with Crippen LogP contribution in [0.1, 0.15) is 29.9 Å². The second kappa shape index (κ2) is 5.07. The summed E-state index contributed by atoms with van der Waals surface area (Å²) in [4.78, 5) is 4.36. The van der Waals surface area contributed by atoms with Gasteiger partial charge in [0.25, 0.3) is 0 Å². The lowest BCUT2D eigenvalue weighted by Gasteiger charge is -2.17. The van der Waals surface area contributed by atoms with Gasteiger partial charge in [-0.1, -0.05) is 0 Å². The fourth-order valence-corrected chi connectivity index (χ4v) is 1.89. The minimum atomic E-state index is -0.127. The van der Waals surface area contributed by atoms with Crippen LogP contribution in [0.15, 0.2) is 30.6 Å². The van der Waals surface area contributed by atoms with Gasteiger partial charge < -0.3 is 0 Å². The average molecular weight is 231 g/mol. The number of hydrogen-bond donors (Lipinski definition) is 2. The minimum Gasteiger partial charge on any atom is -0.270 e. The van der Waals surface area contributed by atoms with Crippen LogP contribution in [0.2, 0.25) is 0 Å². The first-order chi connectivity index (χ1) is 8.26. The number of nitrogens with zero attached hydrogens (tertiary/aromatic N) is 3. The first kappa shape index (κ1) is 11.8. The number of aromatic nitrogens is 3. The highest BCUT2D eigenvalue weighted by Crippen LogP contribution is 2.19. The molecule has 1 unspecified atom stereocenters. The van der Waals surface area contributed by atoms with Crippen molar-refractivity contribution in [2.75, 3.05) is 0 Å². The van der Waals surface area contributed by atoms with E-state index in [0.29, 0.717) is 0 Å². The van der Waals surface area contributed by atoms with Crippen molar-refractivity contribution in [3.05, 3.63) is 47.5 Å². The van der Waals surface area contributed by atoms with Gasteiger partial charge >= 0.3 is 0 Å². The molecule has 3 N–H and O–H groups in total. The quantitative estimate of drug-likeness (QED) is 0.612. The molecule has 0 amide bonds. The number of hydrazine groups is 1. The van der Waals surface area contributed by atoms with Crippen molar-refractivity contribution in [1.29, 1.82) is 0 Å². The van der Waals surface area contributed by atoms with Crippen LogP contribution in [0.4, 0.5) is 0 Å². The van der Waals surface area contributed by atoms with Crippen LogP contribution < -0.4 is 11.3 Å². The summed E-state index contributed by atoms with van der Waals surface area (Å²) in [5.41, 5.74) is 5.89. The predicted molar refractivity (Wildman–Crippen MR) is 66.0 cm³/mol. The Morgan fingerprint density at radius 1 is 1.41 bits per heavy atom. The highest BCUT2D eigenvalue weighted by atomic mass is 15.3. The SMILES string of the molecule is CCn1nccc1C(NN)c1cc(C)ccn1. The maximum Gasteiger partial charge on any atom is 0.105 e. The molecule has 2 rings (SSSR count). The summed E-state index contributed by atoms with van der Waals surface area (Å²) in [5.74, 6) is 5.64. The molecule has 0 aromatic carbocycles. The van der Waals surface area contributed by atoms with Crippen LogP contribution in [-0.2, 0) is 6.54 Å². The van der Waals surface area contributed by atoms with Gasteiger partial charge in [0.2, 0.25) is 0 Å². The zero-order chi connectivity index (χ0) is 12.3. The van der Waals surface area contributed by atoms with Gasteiger partial charge in [-0.05, 0) is 37.6 Å². The average Bonchev–Trinajstić information content (AvgIpc) is 2.78. The molecule has 0 aliphatic heterocycles. The topological polar surface area (TPSA) is 68.8 Å². The van der Waals surface area contributed by atoms with E-state index in [1.165, 1.54) is 0 Å². The summed E-state index contributed by atoms with van der Waals surface area (Å²) >= 11 is 0. The van der Waals surface area contributed by atoms with E-state index in [4.69, 9.17) is 5.84 Å². The summed E-state index contributed by atoms with van der Waals surface area (Å²) in [5, 5.41) is 4.24. The standard InChI is InChI=1S/C12H17N5/c1-3-17-11(5-7-15-17)12(16-13)10-8-9(2)4-6-14-10/h4-8,12,16H,3,13H2,1-2H3. The molecule has 0 radical (unpaired) electrons. The highest BCUT2D eigenvalue weighted by Gasteiger charge is 2.17. The van der Waals surface area contributed by atoms with Gasteiger partial charge in [-0.15, -0.1) is 0 Å². The molecular formula is C12H17N5. The second-order valence-electron chi connectivity index (χ2n) is 3.93. The molecule has 2 aromatic rings. The molecule has 0 fully saturated rings. The van der Waals surface area contributed by atoms with Gasteiger partial charge in [0.15, 0.2) is 0 Å². The molecule has 1 atom stereocenters. The minimum absolute atomic E-state index is 0.127. The molecule has 17 heavy (non-hydrogen) atoms. The Balaban J connectivity index is 2.40. The van der Waals surface area contributed by atoms with Crippen molar-refractivity contribution in [2.24, 2.45) is 5.84 Å². The van der Waals surface area contributed by atoms with E-state index in [1.807, 2.05) is 36.7 Å². The number of rotatable bonds is 4. The van der Waals surface area contributed by atoms with E-state index in [9.17, 15) is 0 Å². The third-order valence-corrected chi connectivity index (χ3v) is 2.74. The van der Waals surface area contributed by atoms with Crippen molar-refractivity contribution in [3.63, 3.8) is 0 Å². The second-order valence-corrected chi connectivity index (χ2v) is 3.93. The molecular weight excluding hydrogens is 214 g/mol. The summed E-state index contributed by atoms with van der Waals surface area (Å²) < 4.78 is 1.91. The van der Waals surface area contributed by atoms with E-state index >= 15 is 0 Å². The molecule has 0 saturated carbocycles. The maximum atomic E-state index is 5.64. The summed E-state index contributed by atoms with van der Waals surface area (Å²) in [6, 6.07) is 5.82. The van der Waals surface area contributed by atoms with Crippen LogP contribution in [0.3, 0.4) is 0 Å². The van der Waals surface area contributed by atoms with Crippen LogP contribution in [-0.4, -0.2) is 14.8 Å². The molecule has 2 aromatic heterocycles. The first-order valence-corrected chi connectivity index (χ1v) is 5.66. The molecule has 5 nitrogen and oxygen atoms in total. The lowest BCUT2D eigenvalue weighted by atomic mass is 10.1. The van der Waals surface area contributed by atoms with E-state index in [1.54, 1.807) is 12.4 Å². The Morgan fingerprint density at radius 2 is 2.24 bits per heavy atom. The largest absolute Gasteiger partial charge is 0.270 e. The van der Waals surface area contributed by atoms with E-state index in [-0.39, 0.29) is 6.04 Å². The third kappa shape index (κ3) is 2.35. The Morgan fingerprint density at radius 3 is 2.88 bits per heavy atom. The zero-order valence-electron chi connectivity index (χ0n) is 10.1. The first-order valence-electron chi connectivity index (χ1n) is 5.66. The monoisotopic (exact) mass is 231 g/mol. The number of nitrogens with one attached hydrogen (secondary N) is 1. The lowest BCUT2D eigenvalue weighted by molar-refractivity contribution is 0.535. The van der Waals surface area contributed by atoms with E-state index < -0.39 is 0 Å². The molecule has 90 valence electrons. The molecule has 2 heterocycles. The normalized spacial score (nSPS) is 12.6. The lowest BCUT2D eigenvalue weighted by Crippen LogP contribution is -2.31. The summed E-state index contributed by atoms with van der Waals surface area (Å²) in [6.07, 6.45) is 3.57. The molecule has 0 aliphatic carbocycles. The Labute approximate surface area is 101 Å². The summed E-state index contributed by atoms with van der Waals surface area (Å²) in [7, 11) is 0. The Bertz CT molecular complexity index is 491. The maximum absolute atomic E-state index is 5.64. The zero-order valence-corrected chi connectivity index (χ0v) is 10.1. The smallest absolute Gasteiger partial charge is 0.105 e. The molecule has 5 heteroatoms. The van der Waals surface area contributed by atoms with Gasteiger partial charge in [-0.2, -0.15) is 5.10 Å². The van der Waals surface area contributed by atoms with Gasteiger partial charge in [0.05, 0.1) is 11.4 Å². The molecule has 0 bridgehead atoms. The van der Waals surface area contributed by atoms with Crippen LogP contribution in [0.5, 0.6) is 0 Å². The van der Waals surface area contributed by atoms with Crippen molar-refractivity contribution in [3.8, 4) is 0 Å². The molecule has 0 spiro atoms. The van der Waals surface area contributed by atoms with Crippen molar-refractivity contribution in [1.82, 2.24) is 20.2 Å². The van der Waals surface area contributed by atoms with Gasteiger partial charge in [-0.3, -0.25) is 15.5 Å².